The summed E-state index contributed by atoms with van der Waals surface area (Å²) >= 11 is 0. The molecule has 1 N–H and O–H groups in total. The van der Waals surface area contributed by atoms with E-state index in [0.29, 0.717) is 6.04 Å². The van der Waals surface area contributed by atoms with Crippen LogP contribution < -0.4 is 10.2 Å². The number of aromatic nitrogens is 2. The molecule has 4 nitrogen and oxygen atoms in total. The monoisotopic (exact) mass is 260 g/mol. The average Bonchev–Trinajstić information content (AvgIpc) is 2.75. The molecule has 1 aliphatic carbocycles. The van der Waals surface area contributed by atoms with Crippen LogP contribution in [-0.2, 0) is 0 Å². The molecule has 3 rings (SSSR count). The minimum absolute atomic E-state index is 0.642. The lowest BCUT2D eigenvalue weighted by Crippen LogP contribution is -2.43. The van der Waals surface area contributed by atoms with Crippen molar-refractivity contribution < 1.29 is 0 Å². The molecule has 2 aliphatic rings. The highest BCUT2D eigenvalue weighted by Crippen LogP contribution is 2.28. The minimum Gasteiger partial charge on any atom is -0.367 e. The summed E-state index contributed by atoms with van der Waals surface area (Å²) in [7, 11) is 0. The zero-order chi connectivity index (χ0) is 12.9. The largest absolute Gasteiger partial charge is 0.367 e. The Labute approximate surface area is 115 Å². The summed E-state index contributed by atoms with van der Waals surface area (Å²) in [5, 5.41) is 3.77. The molecular weight excluding hydrogens is 236 g/mol. The lowest BCUT2D eigenvalue weighted by molar-refractivity contribution is 0.277. The van der Waals surface area contributed by atoms with Crippen molar-refractivity contribution in [1.29, 1.82) is 0 Å². The molecule has 1 saturated carbocycles. The van der Waals surface area contributed by atoms with Crippen LogP contribution in [0.25, 0.3) is 0 Å². The number of hydrogen-bond acceptors (Lipinski definition) is 4. The van der Waals surface area contributed by atoms with Crippen LogP contribution in [0.4, 0.5) is 5.69 Å². The van der Waals surface area contributed by atoms with E-state index in [2.05, 4.69) is 20.2 Å². The van der Waals surface area contributed by atoms with Gasteiger partial charge in [0.1, 0.15) is 6.33 Å². The Balaban J connectivity index is 1.68. The van der Waals surface area contributed by atoms with Crippen LogP contribution in [0, 0.1) is 5.92 Å². The van der Waals surface area contributed by atoms with E-state index in [-0.39, 0.29) is 0 Å². The summed E-state index contributed by atoms with van der Waals surface area (Å²) in [6, 6.07) is 0.642. The third-order valence-electron chi connectivity index (χ3n) is 4.56. The van der Waals surface area contributed by atoms with Gasteiger partial charge in [0.2, 0.25) is 0 Å². The van der Waals surface area contributed by atoms with Crippen LogP contribution in [0.5, 0.6) is 0 Å². The van der Waals surface area contributed by atoms with Crippen molar-refractivity contribution in [2.24, 2.45) is 5.92 Å². The zero-order valence-corrected chi connectivity index (χ0v) is 11.6. The standard InChI is InChI=1S/C15H24N4/c1-2-5-13(6-3-1)15-11-19(8-4-7-18-15)14-9-16-12-17-10-14/h9-10,12-13,15,18H,1-8,11H2. The molecule has 1 unspecified atom stereocenters. The molecule has 1 aromatic rings. The van der Waals surface area contributed by atoms with Gasteiger partial charge in [-0.25, -0.2) is 9.97 Å². The fraction of sp³-hybridized carbons (Fsp3) is 0.733. The molecule has 2 fully saturated rings. The highest BCUT2D eigenvalue weighted by molar-refractivity contribution is 5.41. The van der Waals surface area contributed by atoms with Crippen LogP contribution in [-0.4, -0.2) is 35.6 Å². The van der Waals surface area contributed by atoms with Crippen LogP contribution in [0.2, 0.25) is 0 Å². The van der Waals surface area contributed by atoms with Crippen molar-refractivity contribution in [2.45, 2.75) is 44.6 Å². The Morgan fingerprint density at radius 2 is 1.84 bits per heavy atom. The normalized spacial score (nSPS) is 26.1. The fourth-order valence-corrected chi connectivity index (χ4v) is 3.49. The maximum Gasteiger partial charge on any atom is 0.115 e. The van der Waals surface area contributed by atoms with E-state index in [0.717, 1.165) is 25.6 Å². The van der Waals surface area contributed by atoms with Crippen molar-refractivity contribution in [3.05, 3.63) is 18.7 Å². The van der Waals surface area contributed by atoms with E-state index in [1.54, 1.807) is 6.33 Å². The maximum atomic E-state index is 4.15. The summed E-state index contributed by atoms with van der Waals surface area (Å²) < 4.78 is 0. The molecule has 4 heteroatoms. The van der Waals surface area contributed by atoms with Crippen molar-refractivity contribution in [1.82, 2.24) is 15.3 Å². The highest BCUT2D eigenvalue weighted by Gasteiger charge is 2.27. The third-order valence-corrected chi connectivity index (χ3v) is 4.56. The van der Waals surface area contributed by atoms with E-state index >= 15 is 0 Å². The Morgan fingerprint density at radius 1 is 1.05 bits per heavy atom. The summed E-state index contributed by atoms with van der Waals surface area (Å²) in [5.74, 6) is 0.860. The van der Waals surface area contributed by atoms with Crippen LogP contribution in [0.3, 0.4) is 0 Å². The Kier molecular flexibility index (Phi) is 4.28. The number of rotatable bonds is 2. The highest BCUT2D eigenvalue weighted by atomic mass is 15.2. The van der Waals surface area contributed by atoms with Crippen molar-refractivity contribution >= 4 is 5.69 Å². The third kappa shape index (κ3) is 3.24. The van der Waals surface area contributed by atoms with E-state index in [4.69, 9.17) is 0 Å². The summed E-state index contributed by atoms with van der Waals surface area (Å²) in [4.78, 5) is 10.8. The first-order valence-corrected chi connectivity index (χ1v) is 7.67. The van der Waals surface area contributed by atoms with Gasteiger partial charge in [-0.15, -0.1) is 0 Å². The van der Waals surface area contributed by atoms with E-state index in [1.165, 1.54) is 44.2 Å². The molecule has 19 heavy (non-hydrogen) atoms. The Morgan fingerprint density at radius 3 is 2.63 bits per heavy atom. The molecule has 0 radical (unpaired) electrons. The summed E-state index contributed by atoms with van der Waals surface area (Å²) in [5.41, 5.74) is 1.17. The zero-order valence-electron chi connectivity index (χ0n) is 11.6. The number of anilines is 1. The number of nitrogens with one attached hydrogen (secondary N) is 1. The molecule has 104 valence electrons. The topological polar surface area (TPSA) is 41.1 Å². The fourth-order valence-electron chi connectivity index (χ4n) is 3.49. The smallest absolute Gasteiger partial charge is 0.115 e. The van der Waals surface area contributed by atoms with Crippen LogP contribution in [0.1, 0.15) is 38.5 Å². The van der Waals surface area contributed by atoms with Crippen molar-refractivity contribution in [3.8, 4) is 0 Å². The lowest BCUT2D eigenvalue weighted by atomic mass is 9.83. The number of nitrogens with zero attached hydrogens (tertiary/aromatic N) is 3. The van der Waals surface area contributed by atoms with Gasteiger partial charge in [0.25, 0.3) is 0 Å². The second-order valence-electron chi connectivity index (χ2n) is 5.85. The van der Waals surface area contributed by atoms with E-state index < -0.39 is 0 Å². The van der Waals surface area contributed by atoms with Gasteiger partial charge < -0.3 is 10.2 Å². The van der Waals surface area contributed by atoms with E-state index in [1.807, 2.05) is 12.4 Å². The van der Waals surface area contributed by atoms with Crippen LogP contribution >= 0.6 is 0 Å². The van der Waals surface area contributed by atoms with E-state index in [9.17, 15) is 0 Å². The SMILES string of the molecule is c1ncc(N2CCCNC(C3CCCCC3)C2)cn1. The van der Waals surface area contributed by atoms with Gasteiger partial charge >= 0.3 is 0 Å². The lowest BCUT2D eigenvalue weighted by Gasteiger charge is -2.33. The Bertz CT molecular complexity index is 375. The molecule has 2 heterocycles. The molecule has 0 amide bonds. The molecule has 1 atom stereocenters. The maximum absolute atomic E-state index is 4.15. The van der Waals surface area contributed by atoms with Gasteiger partial charge in [0.05, 0.1) is 18.1 Å². The molecule has 1 aromatic heterocycles. The van der Waals surface area contributed by atoms with Gasteiger partial charge in [-0.3, -0.25) is 0 Å². The average molecular weight is 260 g/mol. The van der Waals surface area contributed by atoms with Gasteiger partial charge in [-0.2, -0.15) is 0 Å². The second kappa shape index (κ2) is 6.33. The predicted octanol–water partition coefficient (Wildman–Crippen LogP) is 2.23. The van der Waals surface area contributed by atoms with Crippen LogP contribution in [0.15, 0.2) is 18.7 Å². The second-order valence-corrected chi connectivity index (χ2v) is 5.85. The molecule has 1 aliphatic heterocycles. The van der Waals surface area contributed by atoms with Gasteiger partial charge in [-0.05, 0) is 31.7 Å². The predicted molar refractivity (Wildman–Crippen MR) is 77.2 cm³/mol. The first-order chi connectivity index (χ1) is 9.43. The first-order valence-electron chi connectivity index (χ1n) is 7.67. The molecule has 0 spiro atoms. The number of hydrogen-bond donors (Lipinski definition) is 1. The molecule has 1 saturated heterocycles. The van der Waals surface area contributed by atoms with Gasteiger partial charge in [0, 0.05) is 19.1 Å². The van der Waals surface area contributed by atoms with Crippen molar-refractivity contribution in [2.75, 3.05) is 24.5 Å². The quantitative estimate of drug-likeness (QED) is 0.885. The van der Waals surface area contributed by atoms with Gasteiger partial charge in [-0.1, -0.05) is 19.3 Å². The molecular formula is C15H24N4. The molecule has 0 aromatic carbocycles. The summed E-state index contributed by atoms with van der Waals surface area (Å²) in [6.07, 6.45) is 13.8. The first kappa shape index (κ1) is 12.9. The van der Waals surface area contributed by atoms with Crippen molar-refractivity contribution in [3.63, 3.8) is 0 Å². The minimum atomic E-state index is 0.642. The van der Waals surface area contributed by atoms with Gasteiger partial charge in [0.15, 0.2) is 0 Å². The molecule has 0 bridgehead atoms. The summed E-state index contributed by atoms with van der Waals surface area (Å²) in [6.45, 7) is 3.37. The Hall–Kier alpha value is -1.16.